The summed E-state index contributed by atoms with van der Waals surface area (Å²) in [5.74, 6) is 1.27. The Morgan fingerprint density at radius 2 is 1.67 bits per heavy atom. The summed E-state index contributed by atoms with van der Waals surface area (Å²) in [5.41, 5.74) is 3.09. The van der Waals surface area contributed by atoms with Gasteiger partial charge in [-0.15, -0.1) is 10.2 Å². The van der Waals surface area contributed by atoms with Crippen LogP contribution in [0.15, 0.2) is 64.8 Å². The van der Waals surface area contributed by atoms with E-state index in [2.05, 4.69) is 15.3 Å². The van der Waals surface area contributed by atoms with Gasteiger partial charge < -0.3 is 4.74 Å². The molecular weight excluding hydrogens is 264 g/mol. The second-order valence-corrected chi connectivity index (χ2v) is 4.76. The topological polar surface area (TPSA) is 51.8 Å². The highest BCUT2D eigenvalue weighted by atomic mass is 16.5. The average molecular weight is 276 g/mol. The third-order valence-electron chi connectivity index (χ3n) is 3.32. The molecule has 21 heavy (non-hydrogen) atoms. The fourth-order valence-corrected chi connectivity index (χ4v) is 2.28. The van der Waals surface area contributed by atoms with E-state index in [-0.39, 0.29) is 0 Å². The van der Waals surface area contributed by atoms with E-state index in [1.54, 1.807) is 4.68 Å². The molecule has 0 atom stereocenters. The molecule has 102 valence electrons. The first kappa shape index (κ1) is 11.8. The van der Waals surface area contributed by atoms with Crippen molar-refractivity contribution >= 4 is 11.4 Å². The molecule has 0 saturated carbocycles. The van der Waals surface area contributed by atoms with Crippen LogP contribution in [-0.4, -0.2) is 9.78 Å². The van der Waals surface area contributed by atoms with Crippen molar-refractivity contribution in [3.8, 4) is 17.3 Å². The molecular formula is C16H12N4O. The van der Waals surface area contributed by atoms with Gasteiger partial charge in [-0.3, -0.25) is 0 Å². The summed E-state index contributed by atoms with van der Waals surface area (Å²) in [6.45, 7) is 1.90. The Hall–Kier alpha value is -2.95. The number of para-hydroxylation sites is 2. The summed E-state index contributed by atoms with van der Waals surface area (Å²) in [4.78, 5) is 0. The lowest BCUT2D eigenvalue weighted by Crippen LogP contribution is -1.99. The van der Waals surface area contributed by atoms with Crippen molar-refractivity contribution in [2.75, 3.05) is 0 Å². The molecule has 0 bridgehead atoms. The first-order chi connectivity index (χ1) is 10.3. The van der Waals surface area contributed by atoms with Crippen LogP contribution < -0.4 is 4.74 Å². The number of hydrogen-bond donors (Lipinski definition) is 0. The zero-order valence-electron chi connectivity index (χ0n) is 11.4. The second kappa shape index (κ2) is 4.56. The molecule has 2 heterocycles. The smallest absolute Gasteiger partial charge is 0.251 e. The maximum Gasteiger partial charge on any atom is 0.251 e. The quantitative estimate of drug-likeness (QED) is 0.506. The number of rotatable bonds is 1. The zero-order chi connectivity index (χ0) is 14.2. The Balaban J connectivity index is 1.92. The fourth-order valence-electron chi connectivity index (χ4n) is 2.28. The minimum atomic E-state index is 0.590. The van der Waals surface area contributed by atoms with Gasteiger partial charge >= 0.3 is 0 Å². The lowest BCUT2D eigenvalue weighted by atomic mass is 10.3. The highest BCUT2D eigenvalue weighted by Gasteiger charge is 2.22. The summed E-state index contributed by atoms with van der Waals surface area (Å²) in [6, 6.07) is 17.4. The molecule has 5 nitrogen and oxygen atoms in total. The minimum Gasteiger partial charge on any atom is -0.434 e. The molecule has 0 spiro atoms. The number of fused-ring (bicyclic) bond motifs is 2. The van der Waals surface area contributed by atoms with Gasteiger partial charge in [0.25, 0.3) is 5.88 Å². The highest BCUT2D eigenvalue weighted by molar-refractivity contribution is 5.61. The summed E-state index contributed by atoms with van der Waals surface area (Å²) >= 11 is 0. The monoisotopic (exact) mass is 276 g/mol. The molecule has 3 aromatic rings. The molecule has 0 saturated heterocycles. The van der Waals surface area contributed by atoms with E-state index in [4.69, 9.17) is 4.74 Å². The Morgan fingerprint density at radius 3 is 2.52 bits per heavy atom. The van der Waals surface area contributed by atoms with E-state index in [0.29, 0.717) is 23.0 Å². The Morgan fingerprint density at radius 1 is 0.905 bits per heavy atom. The van der Waals surface area contributed by atoms with Crippen molar-refractivity contribution in [3.63, 3.8) is 0 Å². The summed E-state index contributed by atoms with van der Waals surface area (Å²) < 4.78 is 7.78. The fraction of sp³-hybridized carbons (Fsp3) is 0.0625. The molecule has 0 radical (unpaired) electrons. The van der Waals surface area contributed by atoms with E-state index < -0.39 is 0 Å². The van der Waals surface area contributed by atoms with Crippen LogP contribution in [-0.2, 0) is 0 Å². The largest absolute Gasteiger partial charge is 0.434 e. The maximum atomic E-state index is 6.02. The van der Waals surface area contributed by atoms with Gasteiger partial charge in [0.1, 0.15) is 5.69 Å². The Bertz CT molecular complexity index is 837. The van der Waals surface area contributed by atoms with Gasteiger partial charge in [-0.1, -0.05) is 30.3 Å². The molecule has 1 aromatic heterocycles. The van der Waals surface area contributed by atoms with E-state index in [9.17, 15) is 0 Å². The van der Waals surface area contributed by atoms with Gasteiger partial charge in [-0.25, -0.2) is 0 Å². The van der Waals surface area contributed by atoms with E-state index in [0.717, 1.165) is 11.4 Å². The van der Waals surface area contributed by atoms with E-state index in [1.165, 1.54) is 0 Å². The van der Waals surface area contributed by atoms with Gasteiger partial charge in [0.15, 0.2) is 11.4 Å². The summed E-state index contributed by atoms with van der Waals surface area (Å²) in [6.07, 6.45) is 0. The minimum absolute atomic E-state index is 0.590. The maximum absolute atomic E-state index is 6.02. The van der Waals surface area contributed by atoms with E-state index >= 15 is 0 Å². The molecule has 1 aliphatic rings. The predicted octanol–water partition coefficient (Wildman–Crippen LogP) is 4.70. The van der Waals surface area contributed by atoms with Crippen LogP contribution in [0.2, 0.25) is 0 Å². The van der Waals surface area contributed by atoms with Crippen molar-refractivity contribution in [2.24, 2.45) is 10.2 Å². The first-order valence-corrected chi connectivity index (χ1v) is 6.66. The van der Waals surface area contributed by atoms with Gasteiger partial charge in [-0.05, 0) is 31.2 Å². The zero-order valence-corrected chi connectivity index (χ0v) is 11.4. The van der Waals surface area contributed by atoms with Crippen LogP contribution in [0.5, 0.6) is 11.6 Å². The van der Waals surface area contributed by atoms with Gasteiger partial charge in [-0.2, -0.15) is 9.78 Å². The van der Waals surface area contributed by atoms with Crippen LogP contribution in [0.4, 0.5) is 11.4 Å². The molecule has 5 heteroatoms. The number of aromatic nitrogens is 2. The third-order valence-corrected chi connectivity index (χ3v) is 3.32. The van der Waals surface area contributed by atoms with Crippen LogP contribution in [0.3, 0.4) is 0 Å². The van der Waals surface area contributed by atoms with Crippen LogP contribution in [0, 0.1) is 6.92 Å². The van der Waals surface area contributed by atoms with Crippen LogP contribution >= 0.6 is 0 Å². The first-order valence-electron chi connectivity index (χ1n) is 6.66. The molecule has 2 aromatic carbocycles. The molecule has 1 aliphatic heterocycles. The van der Waals surface area contributed by atoms with Crippen LogP contribution in [0.25, 0.3) is 5.69 Å². The number of hydrogen-bond acceptors (Lipinski definition) is 4. The van der Waals surface area contributed by atoms with Crippen molar-refractivity contribution in [2.45, 2.75) is 6.92 Å². The van der Waals surface area contributed by atoms with Crippen molar-refractivity contribution < 1.29 is 4.74 Å². The number of azo groups is 1. The van der Waals surface area contributed by atoms with Gasteiger partial charge in [0.2, 0.25) is 0 Å². The number of nitrogens with zero attached hydrogens (tertiary/aromatic N) is 4. The van der Waals surface area contributed by atoms with Crippen LogP contribution in [0.1, 0.15) is 5.69 Å². The Labute approximate surface area is 121 Å². The summed E-state index contributed by atoms with van der Waals surface area (Å²) in [7, 11) is 0. The summed E-state index contributed by atoms with van der Waals surface area (Å²) in [5, 5.41) is 13.0. The van der Waals surface area contributed by atoms with Crippen molar-refractivity contribution in [3.05, 3.63) is 60.3 Å². The normalized spacial score (nSPS) is 12.2. The average Bonchev–Trinajstić information content (AvgIpc) is 2.72. The molecule has 4 rings (SSSR count). The molecule has 0 amide bonds. The molecule has 0 N–H and O–H groups in total. The van der Waals surface area contributed by atoms with Gasteiger partial charge in [0.05, 0.1) is 11.4 Å². The number of benzene rings is 2. The molecule has 0 aliphatic carbocycles. The predicted molar refractivity (Wildman–Crippen MR) is 79.0 cm³/mol. The number of aryl methyl sites for hydroxylation is 1. The van der Waals surface area contributed by atoms with Crippen molar-refractivity contribution in [1.29, 1.82) is 0 Å². The van der Waals surface area contributed by atoms with Crippen molar-refractivity contribution in [1.82, 2.24) is 9.78 Å². The van der Waals surface area contributed by atoms with E-state index in [1.807, 2.05) is 61.5 Å². The Kier molecular flexibility index (Phi) is 2.57. The lowest BCUT2D eigenvalue weighted by molar-refractivity contribution is 0.449. The highest BCUT2D eigenvalue weighted by Crippen LogP contribution is 2.43. The third kappa shape index (κ3) is 1.90. The van der Waals surface area contributed by atoms with Gasteiger partial charge in [0, 0.05) is 0 Å². The molecule has 0 fully saturated rings. The number of ether oxygens (including phenoxy) is 1. The second-order valence-electron chi connectivity index (χ2n) is 4.76. The lowest BCUT2D eigenvalue weighted by Gasteiger charge is -2.08. The SMILES string of the molecule is Cc1nn(-c2ccccc2)c2c1N=Nc1ccccc1O2. The molecule has 0 unspecified atom stereocenters. The standard InChI is InChI=1S/C16H12N4O/c1-11-15-16(20(19-11)12-7-3-2-4-8-12)21-14-10-6-5-9-13(14)17-18-15/h2-10H,1H3.